The van der Waals surface area contributed by atoms with E-state index in [2.05, 4.69) is 22.0 Å². The molecular formula is C16H29N3. The van der Waals surface area contributed by atoms with Gasteiger partial charge in [0.05, 0.1) is 0 Å². The molecule has 3 aliphatic heterocycles. The second-order valence-electron chi connectivity index (χ2n) is 7.60. The fourth-order valence-electron chi connectivity index (χ4n) is 4.88. The number of hydrogen-bond donors (Lipinski definition) is 1. The van der Waals surface area contributed by atoms with Gasteiger partial charge in [0.25, 0.3) is 0 Å². The Labute approximate surface area is 117 Å². The van der Waals surface area contributed by atoms with Crippen molar-refractivity contribution in [3.63, 3.8) is 0 Å². The Morgan fingerprint density at radius 3 is 2.63 bits per heavy atom. The summed E-state index contributed by atoms with van der Waals surface area (Å²) in [5.41, 5.74) is 0.422. The van der Waals surface area contributed by atoms with Crippen LogP contribution in [0.15, 0.2) is 0 Å². The summed E-state index contributed by atoms with van der Waals surface area (Å²) in [6.07, 6.45) is 8.68. The van der Waals surface area contributed by atoms with Crippen LogP contribution in [0.4, 0.5) is 0 Å². The summed E-state index contributed by atoms with van der Waals surface area (Å²) in [5.74, 6) is 0.960. The van der Waals surface area contributed by atoms with Crippen molar-refractivity contribution in [2.45, 2.75) is 63.1 Å². The van der Waals surface area contributed by atoms with Crippen LogP contribution in [0.1, 0.15) is 45.4 Å². The molecule has 1 N–H and O–H groups in total. The van der Waals surface area contributed by atoms with Crippen LogP contribution in [-0.2, 0) is 0 Å². The maximum Gasteiger partial charge on any atom is 0.0309 e. The van der Waals surface area contributed by atoms with Crippen LogP contribution in [0.5, 0.6) is 0 Å². The van der Waals surface area contributed by atoms with Gasteiger partial charge < -0.3 is 10.2 Å². The zero-order valence-electron chi connectivity index (χ0n) is 12.4. The molecule has 0 aromatic carbocycles. The summed E-state index contributed by atoms with van der Waals surface area (Å²) in [7, 11) is 0. The summed E-state index contributed by atoms with van der Waals surface area (Å²) >= 11 is 0. The molecule has 0 spiro atoms. The minimum absolute atomic E-state index is 0.422. The summed E-state index contributed by atoms with van der Waals surface area (Å²) in [6, 6.07) is 1.79. The second-order valence-corrected chi connectivity index (χ2v) is 7.60. The summed E-state index contributed by atoms with van der Waals surface area (Å²) < 4.78 is 0. The molecule has 4 fully saturated rings. The van der Waals surface area contributed by atoms with Gasteiger partial charge in [-0.25, -0.2) is 0 Å². The van der Waals surface area contributed by atoms with E-state index in [9.17, 15) is 0 Å². The molecule has 3 heteroatoms. The Morgan fingerprint density at radius 2 is 1.79 bits per heavy atom. The molecule has 0 radical (unpaired) electrons. The molecular weight excluding hydrogens is 234 g/mol. The number of fused-ring (bicyclic) bond motifs is 1. The molecule has 4 rings (SSSR count). The number of piperidine rings is 1. The van der Waals surface area contributed by atoms with Gasteiger partial charge in [0.15, 0.2) is 0 Å². The molecule has 3 saturated heterocycles. The van der Waals surface area contributed by atoms with Gasteiger partial charge in [-0.15, -0.1) is 0 Å². The maximum absolute atomic E-state index is 3.82. The van der Waals surface area contributed by atoms with Crippen molar-refractivity contribution in [3.8, 4) is 0 Å². The quantitative estimate of drug-likeness (QED) is 0.818. The lowest BCUT2D eigenvalue weighted by molar-refractivity contribution is 0.0405. The molecule has 1 saturated carbocycles. The molecule has 4 aliphatic rings. The first kappa shape index (κ1) is 12.6. The van der Waals surface area contributed by atoms with E-state index >= 15 is 0 Å². The van der Waals surface area contributed by atoms with Crippen molar-refractivity contribution in [2.24, 2.45) is 5.92 Å². The highest BCUT2D eigenvalue weighted by Gasteiger charge is 2.45. The predicted molar refractivity (Wildman–Crippen MR) is 78.3 cm³/mol. The van der Waals surface area contributed by atoms with Crippen LogP contribution in [0.3, 0.4) is 0 Å². The Morgan fingerprint density at radius 1 is 0.947 bits per heavy atom. The summed E-state index contributed by atoms with van der Waals surface area (Å²) in [5, 5.41) is 3.82. The lowest BCUT2D eigenvalue weighted by Gasteiger charge is -2.48. The van der Waals surface area contributed by atoms with Gasteiger partial charge in [0, 0.05) is 37.3 Å². The normalized spacial score (nSPS) is 45.3. The van der Waals surface area contributed by atoms with Crippen molar-refractivity contribution >= 4 is 0 Å². The third-order valence-corrected chi connectivity index (χ3v) is 6.25. The van der Waals surface area contributed by atoms with E-state index in [0.717, 1.165) is 18.0 Å². The Hall–Kier alpha value is -0.120. The first-order valence-corrected chi connectivity index (χ1v) is 8.48. The van der Waals surface area contributed by atoms with Crippen LogP contribution < -0.4 is 5.32 Å². The molecule has 0 bridgehead atoms. The fourth-order valence-corrected chi connectivity index (χ4v) is 4.88. The molecule has 0 aromatic heterocycles. The van der Waals surface area contributed by atoms with E-state index in [1.54, 1.807) is 0 Å². The Bertz CT molecular complexity index is 341. The van der Waals surface area contributed by atoms with Gasteiger partial charge in [0.2, 0.25) is 0 Å². The molecule has 3 nitrogen and oxygen atoms in total. The zero-order valence-corrected chi connectivity index (χ0v) is 12.4. The van der Waals surface area contributed by atoms with Crippen molar-refractivity contribution in [2.75, 3.05) is 32.7 Å². The lowest BCUT2D eigenvalue weighted by Crippen LogP contribution is -2.63. The zero-order chi connectivity index (χ0) is 12.9. The van der Waals surface area contributed by atoms with Crippen LogP contribution in [-0.4, -0.2) is 60.1 Å². The Kier molecular flexibility index (Phi) is 3.13. The van der Waals surface area contributed by atoms with E-state index in [4.69, 9.17) is 0 Å². The first-order valence-electron chi connectivity index (χ1n) is 8.48. The average molecular weight is 263 g/mol. The number of hydrogen-bond acceptors (Lipinski definition) is 3. The molecule has 19 heavy (non-hydrogen) atoms. The van der Waals surface area contributed by atoms with E-state index in [1.165, 1.54) is 71.2 Å². The summed E-state index contributed by atoms with van der Waals surface area (Å²) in [4.78, 5) is 5.59. The molecule has 108 valence electrons. The van der Waals surface area contributed by atoms with Gasteiger partial charge in [-0.05, 0) is 64.5 Å². The van der Waals surface area contributed by atoms with Crippen LogP contribution in [0, 0.1) is 5.92 Å². The predicted octanol–water partition coefficient (Wildman–Crippen LogP) is 1.69. The highest BCUT2D eigenvalue weighted by molar-refractivity contribution is 5.03. The van der Waals surface area contributed by atoms with Crippen molar-refractivity contribution < 1.29 is 0 Å². The van der Waals surface area contributed by atoms with Gasteiger partial charge >= 0.3 is 0 Å². The topological polar surface area (TPSA) is 18.5 Å². The highest BCUT2D eigenvalue weighted by atomic mass is 15.3. The van der Waals surface area contributed by atoms with Crippen LogP contribution in [0.25, 0.3) is 0 Å². The van der Waals surface area contributed by atoms with E-state index in [1.807, 2.05) is 0 Å². The third-order valence-electron chi connectivity index (χ3n) is 6.25. The molecule has 3 atom stereocenters. The molecule has 0 amide bonds. The largest absolute Gasteiger partial charge is 0.309 e. The van der Waals surface area contributed by atoms with E-state index in [-0.39, 0.29) is 0 Å². The smallest absolute Gasteiger partial charge is 0.0309 e. The molecule has 3 unspecified atom stereocenters. The number of nitrogens with zero attached hydrogens (tertiary/aromatic N) is 2. The van der Waals surface area contributed by atoms with Gasteiger partial charge in [-0.3, -0.25) is 4.90 Å². The van der Waals surface area contributed by atoms with E-state index < -0.39 is 0 Å². The molecule has 0 aromatic rings. The lowest BCUT2D eigenvalue weighted by atomic mass is 9.89. The molecule has 3 heterocycles. The van der Waals surface area contributed by atoms with Crippen molar-refractivity contribution in [1.29, 1.82) is 0 Å². The minimum atomic E-state index is 0.422. The van der Waals surface area contributed by atoms with Crippen LogP contribution in [0.2, 0.25) is 0 Å². The average Bonchev–Trinajstić information content (AvgIpc) is 3.18. The number of rotatable bonds is 2. The van der Waals surface area contributed by atoms with Crippen molar-refractivity contribution in [1.82, 2.24) is 15.1 Å². The molecule has 1 aliphatic carbocycles. The number of piperazine rings is 1. The summed E-state index contributed by atoms with van der Waals surface area (Å²) in [6.45, 7) is 8.99. The van der Waals surface area contributed by atoms with Gasteiger partial charge in [-0.2, -0.15) is 0 Å². The Balaban J connectivity index is 1.41. The van der Waals surface area contributed by atoms with Crippen molar-refractivity contribution in [3.05, 3.63) is 0 Å². The third kappa shape index (κ3) is 2.34. The van der Waals surface area contributed by atoms with Gasteiger partial charge in [0.1, 0.15) is 0 Å². The second kappa shape index (κ2) is 4.71. The standard InChI is InChI=1S/C16H29N3/c1-16(13-4-5-13)12-19(10-7-17-16)15-6-9-18-8-2-3-14(18)11-15/h13-15,17H,2-12H2,1H3. The minimum Gasteiger partial charge on any atom is -0.309 e. The highest BCUT2D eigenvalue weighted by Crippen LogP contribution is 2.41. The SMILES string of the molecule is CC1(C2CC2)CN(C2CCN3CCCC3C2)CCN1. The van der Waals surface area contributed by atoms with E-state index in [0.29, 0.717) is 5.54 Å². The van der Waals surface area contributed by atoms with Gasteiger partial charge in [-0.1, -0.05) is 0 Å². The number of nitrogens with one attached hydrogen (secondary N) is 1. The fraction of sp³-hybridized carbons (Fsp3) is 1.00. The monoisotopic (exact) mass is 263 g/mol. The van der Waals surface area contributed by atoms with Crippen LogP contribution >= 0.6 is 0 Å². The maximum atomic E-state index is 3.82. The first-order chi connectivity index (χ1) is 9.24.